The average molecular weight is 316 g/mol. The van der Waals surface area contributed by atoms with E-state index in [1.807, 2.05) is 18.0 Å². The summed E-state index contributed by atoms with van der Waals surface area (Å²) in [6.45, 7) is 3.52. The number of likely N-dealkylation sites (tertiary alicyclic amines) is 1. The van der Waals surface area contributed by atoms with E-state index in [-0.39, 0.29) is 17.9 Å². The predicted octanol–water partition coefficient (Wildman–Crippen LogP) is 3.28. The van der Waals surface area contributed by atoms with Crippen molar-refractivity contribution < 1.29 is 9.18 Å². The van der Waals surface area contributed by atoms with Crippen molar-refractivity contribution in [1.29, 1.82) is 0 Å². The Labute approximate surface area is 135 Å². The van der Waals surface area contributed by atoms with Crippen molar-refractivity contribution in [2.45, 2.75) is 38.8 Å². The summed E-state index contributed by atoms with van der Waals surface area (Å²) in [5.41, 5.74) is 1.76. The van der Waals surface area contributed by atoms with Gasteiger partial charge in [0.2, 0.25) is 0 Å². The predicted molar refractivity (Wildman–Crippen MR) is 86.8 cm³/mol. The lowest BCUT2D eigenvalue weighted by Gasteiger charge is -2.24. The van der Waals surface area contributed by atoms with Gasteiger partial charge >= 0.3 is 6.03 Å². The van der Waals surface area contributed by atoms with Crippen LogP contribution in [0.5, 0.6) is 0 Å². The zero-order valence-corrected chi connectivity index (χ0v) is 13.2. The fourth-order valence-corrected chi connectivity index (χ4v) is 3.00. The van der Waals surface area contributed by atoms with Gasteiger partial charge in [0.15, 0.2) is 0 Å². The molecule has 2 aromatic rings. The highest BCUT2D eigenvalue weighted by Gasteiger charge is 2.29. The second-order valence-electron chi connectivity index (χ2n) is 5.83. The molecule has 3 rings (SSSR count). The Morgan fingerprint density at radius 1 is 1.39 bits per heavy atom. The minimum atomic E-state index is -0.234. The second kappa shape index (κ2) is 6.81. The summed E-state index contributed by atoms with van der Waals surface area (Å²) in [7, 11) is 0. The van der Waals surface area contributed by atoms with E-state index < -0.39 is 0 Å². The summed E-state index contributed by atoms with van der Waals surface area (Å²) < 4.78 is 14.8. The van der Waals surface area contributed by atoms with Gasteiger partial charge in [-0.2, -0.15) is 5.10 Å². The quantitative estimate of drug-likeness (QED) is 0.941. The summed E-state index contributed by atoms with van der Waals surface area (Å²) in [4.78, 5) is 14.4. The van der Waals surface area contributed by atoms with Gasteiger partial charge in [-0.25, -0.2) is 9.18 Å². The number of benzene rings is 1. The third-order valence-corrected chi connectivity index (χ3v) is 4.23. The molecule has 2 amide bonds. The molecule has 1 aromatic heterocycles. The van der Waals surface area contributed by atoms with E-state index >= 15 is 0 Å². The third kappa shape index (κ3) is 3.70. The fourth-order valence-electron chi connectivity index (χ4n) is 3.00. The standard InChI is InChI=1S/C17H21FN4O/c1-2-21-12-15(11-19-21)20-17(23)22-9-3-4-16(22)10-13-5-7-14(18)8-6-13/h5-8,11-12,16H,2-4,9-10H2,1H3,(H,20,23). The van der Waals surface area contributed by atoms with Crippen molar-refractivity contribution in [3.8, 4) is 0 Å². The number of nitrogens with one attached hydrogen (secondary N) is 1. The lowest BCUT2D eigenvalue weighted by atomic mass is 10.0. The lowest BCUT2D eigenvalue weighted by molar-refractivity contribution is 0.206. The number of halogens is 1. The zero-order valence-electron chi connectivity index (χ0n) is 13.2. The van der Waals surface area contributed by atoms with Crippen molar-refractivity contribution >= 4 is 11.7 Å². The van der Waals surface area contributed by atoms with Crippen LogP contribution >= 0.6 is 0 Å². The number of hydrogen-bond donors (Lipinski definition) is 1. The summed E-state index contributed by atoms with van der Waals surface area (Å²) in [6.07, 6.45) is 6.20. The largest absolute Gasteiger partial charge is 0.322 e. The number of aryl methyl sites for hydroxylation is 1. The molecule has 0 bridgehead atoms. The number of anilines is 1. The Balaban J connectivity index is 1.63. The lowest BCUT2D eigenvalue weighted by Crippen LogP contribution is -2.39. The molecule has 1 aliphatic rings. The van der Waals surface area contributed by atoms with E-state index in [0.29, 0.717) is 5.69 Å². The molecule has 1 aliphatic heterocycles. The maximum absolute atomic E-state index is 13.0. The van der Waals surface area contributed by atoms with Gasteiger partial charge in [-0.05, 0) is 43.9 Å². The monoisotopic (exact) mass is 316 g/mol. The molecule has 1 unspecified atom stereocenters. The van der Waals surface area contributed by atoms with E-state index in [1.54, 1.807) is 23.0 Å². The van der Waals surface area contributed by atoms with Gasteiger partial charge in [0.1, 0.15) is 5.82 Å². The molecule has 1 saturated heterocycles. The van der Waals surface area contributed by atoms with E-state index in [2.05, 4.69) is 10.4 Å². The highest BCUT2D eigenvalue weighted by Crippen LogP contribution is 2.22. The number of urea groups is 1. The highest BCUT2D eigenvalue weighted by atomic mass is 19.1. The van der Waals surface area contributed by atoms with E-state index in [0.717, 1.165) is 37.9 Å². The molecule has 0 spiro atoms. The number of carbonyl (C=O) groups is 1. The fraction of sp³-hybridized carbons (Fsp3) is 0.412. The van der Waals surface area contributed by atoms with Crippen LogP contribution in [0.25, 0.3) is 0 Å². The van der Waals surface area contributed by atoms with Crippen LogP contribution < -0.4 is 5.32 Å². The van der Waals surface area contributed by atoms with Crippen LogP contribution in [-0.2, 0) is 13.0 Å². The van der Waals surface area contributed by atoms with Crippen LogP contribution in [0.3, 0.4) is 0 Å². The molecule has 1 fully saturated rings. The first-order valence-electron chi connectivity index (χ1n) is 8.00. The van der Waals surface area contributed by atoms with Crippen molar-refractivity contribution in [2.75, 3.05) is 11.9 Å². The average Bonchev–Trinajstić information content (AvgIpc) is 3.18. The molecular weight excluding hydrogens is 295 g/mol. The van der Waals surface area contributed by atoms with Gasteiger partial charge in [-0.15, -0.1) is 0 Å². The van der Waals surface area contributed by atoms with Crippen LogP contribution in [0.1, 0.15) is 25.3 Å². The van der Waals surface area contributed by atoms with Gasteiger partial charge in [0.25, 0.3) is 0 Å². The third-order valence-electron chi connectivity index (χ3n) is 4.23. The van der Waals surface area contributed by atoms with Crippen LogP contribution in [0.15, 0.2) is 36.7 Å². The van der Waals surface area contributed by atoms with Crippen LogP contribution in [0, 0.1) is 5.82 Å². The molecule has 0 aliphatic carbocycles. The van der Waals surface area contributed by atoms with Crippen molar-refractivity contribution in [2.24, 2.45) is 0 Å². The number of aromatic nitrogens is 2. The maximum atomic E-state index is 13.0. The minimum Gasteiger partial charge on any atom is -0.321 e. The number of rotatable bonds is 4. The van der Waals surface area contributed by atoms with Crippen LogP contribution in [0.4, 0.5) is 14.9 Å². The minimum absolute atomic E-state index is 0.0923. The number of carbonyl (C=O) groups excluding carboxylic acids is 1. The van der Waals surface area contributed by atoms with Crippen LogP contribution in [0.2, 0.25) is 0 Å². The van der Waals surface area contributed by atoms with Crippen molar-refractivity contribution in [3.05, 3.63) is 48.0 Å². The second-order valence-corrected chi connectivity index (χ2v) is 5.83. The van der Waals surface area contributed by atoms with Gasteiger partial charge in [0.05, 0.1) is 11.9 Å². The Kier molecular flexibility index (Phi) is 4.60. The molecular formula is C17H21FN4O. The van der Waals surface area contributed by atoms with Gasteiger partial charge in [-0.3, -0.25) is 4.68 Å². The molecule has 2 heterocycles. The smallest absolute Gasteiger partial charge is 0.321 e. The first-order valence-corrected chi connectivity index (χ1v) is 8.00. The SMILES string of the molecule is CCn1cc(NC(=O)N2CCCC2Cc2ccc(F)cc2)cn1. The molecule has 122 valence electrons. The number of amides is 2. The molecule has 1 aromatic carbocycles. The molecule has 23 heavy (non-hydrogen) atoms. The summed E-state index contributed by atoms with van der Waals surface area (Å²) >= 11 is 0. The topological polar surface area (TPSA) is 50.2 Å². The number of nitrogens with zero attached hydrogens (tertiary/aromatic N) is 3. The normalized spacial score (nSPS) is 17.5. The molecule has 0 saturated carbocycles. The van der Waals surface area contributed by atoms with Crippen LogP contribution in [-0.4, -0.2) is 33.3 Å². The Bertz CT molecular complexity index is 667. The Hall–Kier alpha value is -2.37. The molecule has 1 N–H and O–H groups in total. The zero-order chi connectivity index (χ0) is 16.2. The van der Waals surface area contributed by atoms with E-state index in [9.17, 15) is 9.18 Å². The first-order chi connectivity index (χ1) is 11.2. The summed E-state index contributed by atoms with van der Waals surface area (Å²) in [6, 6.07) is 6.57. The highest BCUT2D eigenvalue weighted by molar-refractivity contribution is 5.89. The molecule has 5 nitrogen and oxygen atoms in total. The van der Waals surface area contributed by atoms with E-state index in [1.165, 1.54) is 12.1 Å². The van der Waals surface area contributed by atoms with Gasteiger partial charge < -0.3 is 10.2 Å². The van der Waals surface area contributed by atoms with Crippen molar-refractivity contribution in [3.63, 3.8) is 0 Å². The summed E-state index contributed by atoms with van der Waals surface area (Å²) in [5.74, 6) is -0.234. The number of hydrogen-bond acceptors (Lipinski definition) is 2. The first kappa shape index (κ1) is 15.5. The van der Waals surface area contributed by atoms with Crippen molar-refractivity contribution in [1.82, 2.24) is 14.7 Å². The molecule has 1 atom stereocenters. The Morgan fingerprint density at radius 3 is 2.87 bits per heavy atom. The van der Waals surface area contributed by atoms with Gasteiger partial charge in [0, 0.05) is 25.3 Å². The Morgan fingerprint density at radius 2 is 2.17 bits per heavy atom. The summed E-state index contributed by atoms with van der Waals surface area (Å²) in [5, 5.41) is 7.06. The van der Waals surface area contributed by atoms with E-state index in [4.69, 9.17) is 0 Å². The maximum Gasteiger partial charge on any atom is 0.322 e. The molecule has 0 radical (unpaired) electrons. The van der Waals surface area contributed by atoms with Gasteiger partial charge in [-0.1, -0.05) is 12.1 Å². The molecule has 6 heteroatoms.